The van der Waals surface area contributed by atoms with Gasteiger partial charge in [0.25, 0.3) is 5.91 Å². The van der Waals surface area contributed by atoms with Crippen LogP contribution in [0.5, 0.6) is 0 Å². The van der Waals surface area contributed by atoms with Gasteiger partial charge in [-0.25, -0.2) is 4.68 Å². The minimum atomic E-state index is 0.141. The molecule has 1 aromatic heterocycles. The van der Waals surface area contributed by atoms with Crippen LogP contribution in [0.15, 0.2) is 42.7 Å². The Bertz CT molecular complexity index is 668. The standard InChI is InChI=1S/C19H24N4O/c24-19(16-4-6-18(7-5-16)23-11-1-10-21-23)22-12-8-17(9-13-22)20-14-15-2-3-15/h1,4-7,10-11,15,17,20H,2-3,8-9,12-14H2. The van der Waals surface area contributed by atoms with Crippen LogP contribution < -0.4 is 5.32 Å². The van der Waals surface area contributed by atoms with E-state index < -0.39 is 0 Å². The van der Waals surface area contributed by atoms with Crippen molar-refractivity contribution >= 4 is 5.91 Å². The third-order valence-corrected chi connectivity index (χ3v) is 5.06. The van der Waals surface area contributed by atoms with Crippen LogP contribution in [-0.2, 0) is 0 Å². The Morgan fingerprint density at radius 2 is 1.88 bits per heavy atom. The SMILES string of the molecule is O=C(c1ccc(-n2cccn2)cc1)N1CCC(NCC2CC2)CC1. The first-order chi connectivity index (χ1) is 11.8. The van der Waals surface area contributed by atoms with E-state index in [1.54, 1.807) is 10.9 Å². The molecule has 2 fully saturated rings. The number of aromatic nitrogens is 2. The monoisotopic (exact) mass is 324 g/mol. The quantitative estimate of drug-likeness (QED) is 0.919. The molecule has 1 saturated carbocycles. The summed E-state index contributed by atoms with van der Waals surface area (Å²) >= 11 is 0. The molecular weight excluding hydrogens is 300 g/mol. The highest BCUT2D eigenvalue weighted by Gasteiger charge is 2.26. The first-order valence-corrected chi connectivity index (χ1v) is 8.92. The Balaban J connectivity index is 1.32. The van der Waals surface area contributed by atoms with E-state index >= 15 is 0 Å². The van der Waals surface area contributed by atoms with Crippen LogP contribution in [0.1, 0.15) is 36.0 Å². The van der Waals surface area contributed by atoms with Crippen molar-refractivity contribution in [2.45, 2.75) is 31.7 Å². The first-order valence-electron chi connectivity index (χ1n) is 8.92. The molecule has 1 aromatic carbocycles. The van der Waals surface area contributed by atoms with Gasteiger partial charge in [-0.2, -0.15) is 5.10 Å². The molecule has 5 heteroatoms. The molecule has 1 N–H and O–H groups in total. The smallest absolute Gasteiger partial charge is 0.253 e. The summed E-state index contributed by atoms with van der Waals surface area (Å²) in [5, 5.41) is 7.87. The lowest BCUT2D eigenvalue weighted by Gasteiger charge is -2.32. The minimum Gasteiger partial charge on any atom is -0.339 e. The fourth-order valence-electron chi connectivity index (χ4n) is 3.30. The zero-order valence-electron chi connectivity index (χ0n) is 13.9. The number of amides is 1. The molecular formula is C19H24N4O. The van der Waals surface area contributed by atoms with Crippen molar-refractivity contribution in [3.63, 3.8) is 0 Å². The molecule has 1 aliphatic carbocycles. The molecule has 5 nitrogen and oxygen atoms in total. The van der Waals surface area contributed by atoms with Crippen LogP contribution in [0.2, 0.25) is 0 Å². The molecule has 0 unspecified atom stereocenters. The van der Waals surface area contributed by atoms with Crippen molar-refractivity contribution in [3.8, 4) is 5.69 Å². The van der Waals surface area contributed by atoms with Crippen molar-refractivity contribution in [3.05, 3.63) is 48.3 Å². The third kappa shape index (κ3) is 3.51. The summed E-state index contributed by atoms with van der Waals surface area (Å²) in [7, 11) is 0. The second kappa shape index (κ2) is 6.77. The van der Waals surface area contributed by atoms with Gasteiger partial charge in [0.05, 0.1) is 5.69 Å². The number of carbonyl (C=O) groups excluding carboxylic acids is 1. The van der Waals surface area contributed by atoms with E-state index in [4.69, 9.17) is 0 Å². The minimum absolute atomic E-state index is 0.141. The van der Waals surface area contributed by atoms with Gasteiger partial charge in [-0.3, -0.25) is 4.79 Å². The molecule has 0 radical (unpaired) electrons. The number of likely N-dealkylation sites (tertiary alicyclic amines) is 1. The van der Waals surface area contributed by atoms with Gasteiger partial charge >= 0.3 is 0 Å². The lowest BCUT2D eigenvalue weighted by atomic mass is 10.0. The van der Waals surface area contributed by atoms with Crippen LogP contribution in [-0.4, -0.2) is 46.3 Å². The maximum Gasteiger partial charge on any atom is 0.253 e. The number of hydrogen-bond acceptors (Lipinski definition) is 3. The molecule has 2 aliphatic rings. The molecule has 2 aromatic rings. The van der Waals surface area contributed by atoms with E-state index in [0.717, 1.165) is 49.6 Å². The topological polar surface area (TPSA) is 50.2 Å². The number of nitrogens with zero attached hydrogens (tertiary/aromatic N) is 3. The summed E-state index contributed by atoms with van der Waals surface area (Å²) in [6.45, 7) is 2.86. The van der Waals surface area contributed by atoms with E-state index in [0.29, 0.717) is 6.04 Å². The van der Waals surface area contributed by atoms with Gasteiger partial charge in [0, 0.05) is 37.1 Å². The molecule has 126 valence electrons. The first kappa shape index (κ1) is 15.4. The van der Waals surface area contributed by atoms with Crippen LogP contribution >= 0.6 is 0 Å². The molecule has 4 rings (SSSR count). The Morgan fingerprint density at radius 3 is 2.50 bits per heavy atom. The van der Waals surface area contributed by atoms with E-state index in [1.807, 2.05) is 41.4 Å². The molecule has 2 heterocycles. The molecule has 24 heavy (non-hydrogen) atoms. The molecule has 1 saturated heterocycles. The Hall–Kier alpha value is -2.14. The third-order valence-electron chi connectivity index (χ3n) is 5.06. The maximum atomic E-state index is 12.7. The summed E-state index contributed by atoms with van der Waals surface area (Å²) in [5.74, 6) is 1.06. The second-order valence-corrected chi connectivity index (χ2v) is 6.92. The number of nitrogens with one attached hydrogen (secondary N) is 1. The van der Waals surface area contributed by atoms with Crippen molar-refractivity contribution in [2.24, 2.45) is 5.92 Å². The lowest BCUT2D eigenvalue weighted by Crippen LogP contribution is -2.45. The van der Waals surface area contributed by atoms with Gasteiger partial charge in [0.15, 0.2) is 0 Å². The van der Waals surface area contributed by atoms with Crippen molar-refractivity contribution in [1.82, 2.24) is 20.0 Å². The van der Waals surface area contributed by atoms with Gasteiger partial charge in [-0.15, -0.1) is 0 Å². The van der Waals surface area contributed by atoms with Crippen LogP contribution in [0.25, 0.3) is 5.69 Å². The highest BCUT2D eigenvalue weighted by molar-refractivity contribution is 5.94. The fraction of sp³-hybridized carbons (Fsp3) is 0.474. The van der Waals surface area contributed by atoms with Gasteiger partial charge in [-0.05, 0) is 68.5 Å². The lowest BCUT2D eigenvalue weighted by molar-refractivity contribution is 0.0705. The van der Waals surface area contributed by atoms with Gasteiger partial charge in [0.2, 0.25) is 0 Å². The zero-order valence-corrected chi connectivity index (χ0v) is 13.9. The van der Waals surface area contributed by atoms with Gasteiger partial charge < -0.3 is 10.2 Å². The molecule has 0 spiro atoms. The Labute approximate surface area is 142 Å². The van der Waals surface area contributed by atoms with Gasteiger partial charge in [0.1, 0.15) is 0 Å². The number of rotatable bonds is 5. The summed E-state index contributed by atoms with van der Waals surface area (Å²) in [5.41, 5.74) is 1.73. The molecule has 1 aliphatic heterocycles. The fourth-order valence-corrected chi connectivity index (χ4v) is 3.30. The summed E-state index contributed by atoms with van der Waals surface area (Å²) < 4.78 is 1.80. The predicted octanol–water partition coefficient (Wildman–Crippen LogP) is 2.48. The predicted molar refractivity (Wildman–Crippen MR) is 93.2 cm³/mol. The highest BCUT2D eigenvalue weighted by Crippen LogP contribution is 2.28. The number of carbonyl (C=O) groups is 1. The normalized spacial score (nSPS) is 18.8. The van der Waals surface area contributed by atoms with Crippen molar-refractivity contribution < 1.29 is 4.79 Å². The molecule has 1 amide bonds. The maximum absolute atomic E-state index is 12.7. The van der Waals surface area contributed by atoms with Crippen LogP contribution in [0, 0.1) is 5.92 Å². The van der Waals surface area contributed by atoms with Crippen molar-refractivity contribution in [2.75, 3.05) is 19.6 Å². The summed E-state index contributed by atoms with van der Waals surface area (Å²) in [6.07, 6.45) is 8.54. The largest absolute Gasteiger partial charge is 0.339 e. The average molecular weight is 324 g/mol. The van der Waals surface area contributed by atoms with E-state index in [9.17, 15) is 4.79 Å². The number of piperidine rings is 1. The highest BCUT2D eigenvalue weighted by atomic mass is 16.2. The van der Waals surface area contributed by atoms with E-state index in [2.05, 4.69) is 10.4 Å². The average Bonchev–Trinajstić information content (AvgIpc) is 3.31. The number of hydrogen-bond donors (Lipinski definition) is 1. The van der Waals surface area contributed by atoms with E-state index in [-0.39, 0.29) is 5.91 Å². The second-order valence-electron chi connectivity index (χ2n) is 6.92. The van der Waals surface area contributed by atoms with Gasteiger partial charge in [-0.1, -0.05) is 0 Å². The van der Waals surface area contributed by atoms with E-state index in [1.165, 1.54) is 12.8 Å². The zero-order chi connectivity index (χ0) is 16.4. The summed E-state index contributed by atoms with van der Waals surface area (Å²) in [6, 6.07) is 10.2. The Morgan fingerprint density at radius 1 is 1.12 bits per heavy atom. The Kier molecular flexibility index (Phi) is 4.34. The molecule has 0 bridgehead atoms. The van der Waals surface area contributed by atoms with Crippen LogP contribution in [0.4, 0.5) is 0 Å². The molecule has 0 atom stereocenters. The van der Waals surface area contributed by atoms with Crippen molar-refractivity contribution in [1.29, 1.82) is 0 Å². The van der Waals surface area contributed by atoms with Crippen LogP contribution in [0.3, 0.4) is 0 Å². The summed E-state index contributed by atoms with van der Waals surface area (Å²) in [4.78, 5) is 14.6. The number of benzene rings is 1.